The number of aromatic nitrogens is 1. The van der Waals surface area contributed by atoms with Crippen LogP contribution >= 0.6 is 22.9 Å². The molecule has 1 heterocycles. The van der Waals surface area contributed by atoms with Crippen molar-refractivity contribution in [2.45, 2.75) is 6.54 Å². The summed E-state index contributed by atoms with van der Waals surface area (Å²) in [5, 5.41) is 6.44. The summed E-state index contributed by atoms with van der Waals surface area (Å²) in [6.45, 7) is 0.431. The molecule has 0 radical (unpaired) electrons. The van der Waals surface area contributed by atoms with Crippen molar-refractivity contribution in [2.24, 2.45) is 0 Å². The van der Waals surface area contributed by atoms with E-state index < -0.39 is 0 Å². The van der Waals surface area contributed by atoms with Crippen LogP contribution in [0.25, 0.3) is 27.9 Å². The van der Waals surface area contributed by atoms with Crippen molar-refractivity contribution in [3.8, 4) is 33.3 Å². The maximum absolute atomic E-state index is 12.1. The lowest BCUT2D eigenvalue weighted by Gasteiger charge is -2.08. The van der Waals surface area contributed by atoms with E-state index in [1.54, 1.807) is 37.7 Å². The molecular formula is C27H23ClN2O3S. The Morgan fingerprint density at radius 3 is 2.47 bits per heavy atom. The van der Waals surface area contributed by atoms with Gasteiger partial charge in [0.05, 0.1) is 19.9 Å². The Labute approximate surface area is 207 Å². The van der Waals surface area contributed by atoms with Crippen LogP contribution in [0.5, 0.6) is 11.5 Å². The highest BCUT2D eigenvalue weighted by Gasteiger charge is 2.10. The van der Waals surface area contributed by atoms with Crippen molar-refractivity contribution in [1.29, 1.82) is 0 Å². The normalized spacial score (nSPS) is 10.9. The van der Waals surface area contributed by atoms with E-state index in [9.17, 15) is 4.79 Å². The van der Waals surface area contributed by atoms with Gasteiger partial charge in [0, 0.05) is 34.2 Å². The van der Waals surface area contributed by atoms with E-state index >= 15 is 0 Å². The van der Waals surface area contributed by atoms with E-state index in [1.807, 2.05) is 66.0 Å². The molecule has 0 aliphatic carbocycles. The van der Waals surface area contributed by atoms with Crippen molar-refractivity contribution < 1.29 is 14.3 Å². The summed E-state index contributed by atoms with van der Waals surface area (Å²) in [4.78, 5) is 16.9. The number of benzene rings is 3. The lowest BCUT2D eigenvalue weighted by Crippen LogP contribution is -2.20. The second-order valence-corrected chi connectivity index (χ2v) is 8.64. The summed E-state index contributed by atoms with van der Waals surface area (Å²) < 4.78 is 10.7. The fraction of sp³-hybridized carbons (Fsp3) is 0.111. The number of hydrogen-bond donors (Lipinski definition) is 1. The van der Waals surface area contributed by atoms with Gasteiger partial charge in [-0.3, -0.25) is 4.79 Å². The quantitative estimate of drug-likeness (QED) is 0.287. The third-order valence-corrected chi connectivity index (χ3v) is 6.41. The Balaban J connectivity index is 1.38. The number of carbonyl (C=O) groups is 1. The maximum atomic E-state index is 12.1. The van der Waals surface area contributed by atoms with Gasteiger partial charge in [-0.15, -0.1) is 11.3 Å². The zero-order chi connectivity index (χ0) is 23.9. The number of nitrogens with zero attached hydrogens (tertiary/aromatic N) is 1. The van der Waals surface area contributed by atoms with E-state index in [1.165, 1.54) is 6.08 Å². The van der Waals surface area contributed by atoms with Crippen LogP contribution in [-0.4, -0.2) is 25.1 Å². The van der Waals surface area contributed by atoms with Crippen molar-refractivity contribution in [2.75, 3.05) is 14.2 Å². The minimum atomic E-state index is -0.177. The number of halogens is 1. The first-order valence-electron chi connectivity index (χ1n) is 10.5. The molecule has 0 spiro atoms. The van der Waals surface area contributed by atoms with Gasteiger partial charge in [0.15, 0.2) is 11.5 Å². The summed E-state index contributed by atoms with van der Waals surface area (Å²) in [7, 11) is 3.23. The van der Waals surface area contributed by atoms with Crippen LogP contribution in [-0.2, 0) is 11.3 Å². The van der Waals surface area contributed by atoms with Crippen LogP contribution in [0.3, 0.4) is 0 Å². The Morgan fingerprint density at radius 1 is 1.00 bits per heavy atom. The number of nitrogens with one attached hydrogen (secondary N) is 1. The highest BCUT2D eigenvalue weighted by Crippen LogP contribution is 2.34. The molecule has 1 aromatic heterocycles. The molecule has 34 heavy (non-hydrogen) atoms. The van der Waals surface area contributed by atoms with Gasteiger partial charge in [-0.25, -0.2) is 4.98 Å². The molecular weight excluding hydrogens is 468 g/mol. The fourth-order valence-corrected chi connectivity index (χ4v) is 4.36. The van der Waals surface area contributed by atoms with Crippen molar-refractivity contribution in [3.63, 3.8) is 0 Å². The molecule has 0 aliphatic rings. The van der Waals surface area contributed by atoms with Crippen molar-refractivity contribution >= 4 is 34.9 Å². The summed E-state index contributed by atoms with van der Waals surface area (Å²) in [6.07, 6.45) is 3.19. The van der Waals surface area contributed by atoms with Crippen LogP contribution in [0.15, 0.2) is 78.2 Å². The highest BCUT2D eigenvalue weighted by atomic mass is 35.5. The number of carbonyl (C=O) groups excluding carboxylic acids is 1. The molecule has 0 saturated carbocycles. The summed E-state index contributed by atoms with van der Waals surface area (Å²) in [5.41, 5.74) is 4.66. The van der Waals surface area contributed by atoms with Gasteiger partial charge < -0.3 is 14.8 Å². The van der Waals surface area contributed by atoms with E-state index in [4.69, 9.17) is 26.1 Å². The second-order valence-electron chi connectivity index (χ2n) is 7.38. The van der Waals surface area contributed by atoms with Gasteiger partial charge >= 0.3 is 0 Å². The Hall–Kier alpha value is -3.61. The smallest absolute Gasteiger partial charge is 0.244 e. The van der Waals surface area contributed by atoms with Gasteiger partial charge in [-0.2, -0.15) is 0 Å². The van der Waals surface area contributed by atoms with Crippen LogP contribution in [0.4, 0.5) is 0 Å². The molecule has 0 bridgehead atoms. The monoisotopic (exact) mass is 490 g/mol. The molecule has 1 amide bonds. The third kappa shape index (κ3) is 5.65. The number of thiazole rings is 1. The van der Waals surface area contributed by atoms with Crippen molar-refractivity contribution in [1.82, 2.24) is 10.3 Å². The van der Waals surface area contributed by atoms with E-state index in [2.05, 4.69) is 5.32 Å². The van der Waals surface area contributed by atoms with Gasteiger partial charge in [-0.05, 0) is 41.5 Å². The first-order valence-corrected chi connectivity index (χ1v) is 11.8. The average molecular weight is 491 g/mol. The van der Waals surface area contributed by atoms with Gasteiger partial charge in [0.2, 0.25) is 5.91 Å². The van der Waals surface area contributed by atoms with Crippen LogP contribution in [0.2, 0.25) is 5.02 Å². The molecule has 7 heteroatoms. The summed E-state index contributed by atoms with van der Waals surface area (Å²) >= 11 is 7.69. The SMILES string of the molecule is COc1ccc(-c2csc(-c3ccc(CNC(=O)/C=C/c4ccccc4Cl)cc3)n2)cc1OC. The van der Waals surface area contributed by atoms with Gasteiger partial charge in [-0.1, -0.05) is 54.1 Å². The molecule has 5 nitrogen and oxygen atoms in total. The van der Waals surface area contributed by atoms with E-state index in [-0.39, 0.29) is 5.91 Å². The second kappa shape index (κ2) is 11.0. The minimum absolute atomic E-state index is 0.177. The molecule has 0 saturated heterocycles. The van der Waals surface area contributed by atoms with Crippen LogP contribution < -0.4 is 14.8 Å². The Kier molecular flexibility index (Phi) is 7.62. The molecule has 0 unspecified atom stereocenters. The van der Waals surface area contributed by atoms with Crippen molar-refractivity contribution in [3.05, 3.63) is 94.3 Å². The predicted octanol–water partition coefficient (Wildman–Crippen LogP) is 6.48. The zero-order valence-electron chi connectivity index (χ0n) is 18.7. The molecule has 0 aliphatic heterocycles. The number of methoxy groups -OCH3 is 2. The Bertz CT molecular complexity index is 1320. The summed E-state index contributed by atoms with van der Waals surface area (Å²) in [5.74, 6) is 1.18. The average Bonchev–Trinajstić information content (AvgIpc) is 3.37. The fourth-order valence-electron chi connectivity index (χ4n) is 3.32. The highest BCUT2D eigenvalue weighted by molar-refractivity contribution is 7.13. The lowest BCUT2D eigenvalue weighted by atomic mass is 10.1. The van der Waals surface area contributed by atoms with Gasteiger partial charge in [0.1, 0.15) is 5.01 Å². The first kappa shape index (κ1) is 23.5. The molecule has 4 aromatic rings. The van der Waals surface area contributed by atoms with E-state index in [0.29, 0.717) is 23.1 Å². The van der Waals surface area contributed by atoms with Crippen LogP contribution in [0.1, 0.15) is 11.1 Å². The van der Waals surface area contributed by atoms with Gasteiger partial charge in [0.25, 0.3) is 0 Å². The molecule has 1 N–H and O–H groups in total. The number of amides is 1. The molecule has 3 aromatic carbocycles. The Morgan fingerprint density at radius 2 is 1.74 bits per heavy atom. The predicted molar refractivity (Wildman–Crippen MR) is 138 cm³/mol. The zero-order valence-corrected chi connectivity index (χ0v) is 20.3. The minimum Gasteiger partial charge on any atom is -0.493 e. The molecule has 4 rings (SSSR count). The number of rotatable bonds is 8. The third-order valence-electron chi connectivity index (χ3n) is 5.17. The molecule has 0 fully saturated rings. The van der Waals surface area contributed by atoms with E-state index in [0.717, 1.165) is 33.0 Å². The molecule has 0 atom stereocenters. The molecule has 172 valence electrons. The number of ether oxygens (including phenoxy) is 2. The lowest BCUT2D eigenvalue weighted by molar-refractivity contribution is -0.116. The first-order chi connectivity index (χ1) is 16.6. The van der Waals surface area contributed by atoms with Crippen LogP contribution in [0, 0.1) is 0 Å². The topological polar surface area (TPSA) is 60.5 Å². The standard InChI is InChI=1S/C27H23ClN2O3S/c1-32-24-13-11-21(15-25(24)33-2)23-17-34-27(30-23)20-9-7-18(8-10-20)16-29-26(31)14-12-19-5-3-4-6-22(19)28/h3-15,17H,16H2,1-2H3,(H,29,31)/b14-12+. The largest absolute Gasteiger partial charge is 0.493 e. The number of hydrogen-bond acceptors (Lipinski definition) is 5. The summed E-state index contributed by atoms with van der Waals surface area (Å²) in [6, 6.07) is 21.2. The maximum Gasteiger partial charge on any atom is 0.244 e.